The SMILES string of the molecule is CCOC(CCNc1ccc(C#N)cc1Cl)OCC. The molecule has 1 aromatic rings. The number of nitrogens with one attached hydrogen (secondary N) is 1. The highest BCUT2D eigenvalue weighted by Gasteiger charge is 2.08. The zero-order valence-electron chi connectivity index (χ0n) is 11.3. The molecule has 0 bridgehead atoms. The van der Waals surface area contributed by atoms with Crippen molar-refractivity contribution in [3.05, 3.63) is 28.8 Å². The molecule has 0 spiro atoms. The number of halogens is 1. The average molecular weight is 283 g/mol. The summed E-state index contributed by atoms with van der Waals surface area (Å²) in [4.78, 5) is 0. The standard InChI is InChI=1S/C14H19ClN2O2/c1-3-18-14(19-4-2)7-8-17-13-6-5-11(10-16)9-12(13)15/h5-6,9,14,17H,3-4,7-8H2,1-2H3. The minimum absolute atomic E-state index is 0.195. The number of benzene rings is 1. The van der Waals surface area contributed by atoms with E-state index in [0.29, 0.717) is 30.3 Å². The fraction of sp³-hybridized carbons (Fsp3) is 0.500. The van der Waals surface area contributed by atoms with E-state index in [-0.39, 0.29) is 6.29 Å². The second kappa shape index (κ2) is 8.76. The van der Waals surface area contributed by atoms with Gasteiger partial charge in [-0.25, -0.2) is 0 Å². The lowest BCUT2D eigenvalue weighted by Gasteiger charge is -2.17. The van der Waals surface area contributed by atoms with Crippen molar-refractivity contribution in [2.45, 2.75) is 26.6 Å². The Hall–Kier alpha value is -1.28. The molecule has 19 heavy (non-hydrogen) atoms. The quantitative estimate of drug-likeness (QED) is 0.743. The molecule has 0 radical (unpaired) electrons. The van der Waals surface area contributed by atoms with Gasteiger partial charge in [0.15, 0.2) is 6.29 Å². The number of anilines is 1. The molecule has 0 aliphatic rings. The maximum Gasteiger partial charge on any atom is 0.159 e. The van der Waals surface area contributed by atoms with E-state index in [1.807, 2.05) is 13.8 Å². The molecule has 0 saturated carbocycles. The molecule has 104 valence electrons. The second-order valence-corrected chi connectivity index (χ2v) is 4.27. The number of ether oxygens (including phenoxy) is 2. The van der Waals surface area contributed by atoms with Gasteiger partial charge in [0.1, 0.15) is 0 Å². The Balaban J connectivity index is 2.46. The predicted octanol–water partition coefficient (Wildman–Crippen LogP) is 3.41. The van der Waals surface area contributed by atoms with Gasteiger partial charge < -0.3 is 14.8 Å². The first kappa shape index (κ1) is 15.8. The van der Waals surface area contributed by atoms with Crippen LogP contribution in [-0.4, -0.2) is 26.0 Å². The zero-order chi connectivity index (χ0) is 14.1. The fourth-order valence-electron chi connectivity index (χ4n) is 1.64. The van der Waals surface area contributed by atoms with Crippen LogP contribution in [0, 0.1) is 11.3 Å². The molecular weight excluding hydrogens is 264 g/mol. The highest BCUT2D eigenvalue weighted by Crippen LogP contribution is 2.22. The van der Waals surface area contributed by atoms with Crippen molar-refractivity contribution in [1.82, 2.24) is 0 Å². The van der Waals surface area contributed by atoms with Crippen LogP contribution in [0.3, 0.4) is 0 Å². The van der Waals surface area contributed by atoms with Crippen LogP contribution in [0.5, 0.6) is 0 Å². The van der Waals surface area contributed by atoms with Gasteiger partial charge in [-0.2, -0.15) is 5.26 Å². The Morgan fingerprint density at radius 1 is 1.32 bits per heavy atom. The van der Waals surface area contributed by atoms with Crippen molar-refractivity contribution in [2.24, 2.45) is 0 Å². The Labute approximate surface area is 119 Å². The van der Waals surface area contributed by atoms with Gasteiger partial charge in [-0.3, -0.25) is 0 Å². The first-order chi connectivity index (χ1) is 9.21. The van der Waals surface area contributed by atoms with E-state index in [0.717, 1.165) is 12.1 Å². The first-order valence-corrected chi connectivity index (χ1v) is 6.75. The third-order valence-corrected chi connectivity index (χ3v) is 2.81. The van der Waals surface area contributed by atoms with Gasteiger partial charge in [0, 0.05) is 26.2 Å². The third kappa shape index (κ3) is 5.48. The average Bonchev–Trinajstić information content (AvgIpc) is 2.41. The molecule has 1 aromatic carbocycles. The summed E-state index contributed by atoms with van der Waals surface area (Å²) in [7, 11) is 0. The summed E-state index contributed by atoms with van der Waals surface area (Å²) in [5.74, 6) is 0. The van der Waals surface area contributed by atoms with E-state index < -0.39 is 0 Å². The molecule has 0 aliphatic heterocycles. The Morgan fingerprint density at radius 2 is 2.00 bits per heavy atom. The topological polar surface area (TPSA) is 54.3 Å². The maximum absolute atomic E-state index is 8.76. The minimum Gasteiger partial charge on any atom is -0.384 e. The van der Waals surface area contributed by atoms with Crippen LogP contribution >= 0.6 is 11.6 Å². The van der Waals surface area contributed by atoms with Crippen molar-refractivity contribution in [3.63, 3.8) is 0 Å². The Morgan fingerprint density at radius 3 is 2.53 bits per heavy atom. The van der Waals surface area contributed by atoms with Crippen molar-refractivity contribution >= 4 is 17.3 Å². The van der Waals surface area contributed by atoms with E-state index in [1.54, 1.807) is 18.2 Å². The molecule has 0 unspecified atom stereocenters. The smallest absolute Gasteiger partial charge is 0.159 e. The fourth-order valence-corrected chi connectivity index (χ4v) is 1.89. The lowest BCUT2D eigenvalue weighted by molar-refractivity contribution is -0.137. The maximum atomic E-state index is 8.76. The molecule has 0 saturated heterocycles. The third-order valence-electron chi connectivity index (χ3n) is 2.50. The molecule has 0 heterocycles. The van der Waals surface area contributed by atoms with Gasteiger partial charge in [0.25, 0.3) is 0 Å². The van der Waals surface area contributed by atoms with Gasteiger partial charge in [-0.15, -0.1) is 0 Å². The first-order valence-electron chi connectivity index (χ1n) is 6.38. The summed E-state index contributed by atoms with van der Waals surface area (Å²) in [6, 6.07) is 7.23. The van der Waals surface area contributed by atoms with Gasteiger partial charge in [0.05, 0.1) is 22.3 Å². The van der Waals surface area contributed by atoms with E-state index in [9.17, 15) is 0 Å². The van der Waals surface area contributed by atoms with Crippen LogP contribution in [0.15, 0.2) is 18.2 Å². The van der Waals surface area contributed by atoms with Crippen molar-refractivity contribution in [2.75, 3.05) is 25.1 Å². The largest absolute Gasteiger partial charge is 0.384 e. The summed E-state index contributed by atoms with van der Waals surface area (Å²) in [6.45, 7) is 5.83. The van der Waals surface area contributed by atoms with Gasteiger partial charge in [-0.05, 0) is 32.0 Å². The van der Waals surface area contributed by atoms with Crippen LogP contribution in [0.25, 0.3) is 0 Å². The number of hydrogen-bond acceptors (Lipinski definition) is 4. The minimum atomic E-state index is -0.195. The molecule has 4 nitrogen and oxygen atoms in total. The Kier molecular flexibility index (Phi) is 7.27. The van der Waals surface area contributed by atoms with E-state index in [1.165, 1.54) is 0 Å². The molecule has 0 atom stereocenters. The summed E-state index contributed by atoms with van der Waals surface area (Å²) in [6.07, 6.45) is 0.539. The Bertz CT molecular complexity index is 426. The number of nitrogens with zero attached hydrogens (tertiary/aromatic N) is 1. The highest BCUT2D eigenvalue weighted by molar-refractivity contribution is 6.33. The van der Waals surface area contributed by atoms with Crippen LogP contribution in [-0.2, 0) is 9.47 Å². The van der Waals surface area contributed by atoms with Crippen LogP contribution in [0.4, 0.5) is 5.69 Å². The molecule has 0 aliphatic carbocycles. The van der Waals surface area contributed by atoms with Gasteiger partial charge in [0.2, 0.25) is 0 Å². The zero-order valence-corrected chi connectivity index (χ0v) is 12.0. The molecule has 0 fully saturated rings. The van der Waals surface area contributed by atoms with Crippen molar-refractivity contribution < 1.29 is 9.47 Å². The van der Waals surface area contributed by atoms with E-state index >= 15 is 0 Å². The molecule has 1 rings (SSSR count). The molecular formula is C14H19ClN2O2. The molecule has 5 heteroatoms. The van der Waals surface area contributed by atoms with Crippen molar-refractivity contribution in [1.29, 1.82) is 5.26 Å². The second-order valence-electron chi connectivity index (χ2n) is 3.86. The van der Waals surface area contributed by atoms with E-state index in [4.69, 9.17) is 26.3 Å². The normalized spacial score (nSPS) is 10.5. The lowest BCUT2D eigenvalue weighted by Crippen LogP contribution is -2.21. The predicted molar refractivity (Wildman–Crippen MR) is 76.3 cm³/mol. The lowest BCUT2D eigenvalue weighted by atomic mass is 10.2. The van der Waals surface area contributed by atoms with Crippen LogP contribution in [0.2, 0.25) is 5.02 Å². The summed E-state index contributed by atoms with van der Waals surface area (Å²) < 4.78 is 10.9. The summed E-state index contributed by atoms with van der Waals surface area (Å²) in [5.41, 5.74) is 1.37. The molecule has 0 amide bonds. The highest BCUT2D eigenvalue weighted by atomic mass is 35.5. The number of hydrogen-bond donors (Lipinski definition) is 1. The van der Waals surface area contributed by atoms with E-state index in [2.05, 4.69) is 11.4 Å². The van der Waals surface area contributed by atoms with Gasteiger partial charge in [-0.1, -0.05) is 11.6 Å². The van der Waals surface area contributed by atoms with Gasteiger partial charge >= 0.3 is 0 Å². The molecule has 0 aromatic heterocycles. The summed E-state index contributed by atoms with van der Waals surface area (Å²) in [5, 5.41) is 12.5. The molecule has 1 N–H and O–H groups in total. The van der Waals surface area contributed by atoms with Crippen LogP contribution in [0.1, 0.15) is 25.8 Å². The monoisotopic (exact) mass is 282 g/mol. The number of nitriles is 1. The summed E-state index contributed by atoms with van der Waals surface area (Å²) >= 11 is 6.07. The van der Waals surface area contributed by atoms with Crippen LogP contribution < -0.4 is 5.32 Å². The number of rotatable bonds is 8. The van der Waals surface area contributed by atoms with Crippen molar-refractivity contribution in [3.8, 4) is 6.07 Å².